The van der Waals surface area contributed by atoms with E-state index in [1.807, 2.05) is 90.2 Å². The van der Waals surface area contributed by atoms with E-state index in [1.54, 1.807) is 23.6 Å². The molecule has 38 heavy (non-hydrogen) atoms. The summed E-state index contributed by atoms with van der Waals surface area (Å²) in [5.74, 6) is 0.167. The molecule has 1 N–H and O–H groups in total. The zero-order valence-electron chi connectivity index (χ0n) is 22.3. The van der Waals surface area contributed by atoms with Crippen molar-refractivity contribution in [1.29, 1.82) is 0 Å². The molecule has 5 aromatic rings. The number of pyridine rings is 1. The molecule has 0 spiro atoms. The quantitative estimate of drug-likeness (QED) is 0.235. The molecule has 0 amide bonds. The van der Waals surface area contributed by atoms with Crippen LogP contribution >= 0.6 is 11.3 Å². The van der Waals surface area contributed by atoms with Gasteiger partial charge in [-0.05, 0) is 77.4 Å². The van der Waals surface area contributed by atoms with Crippen LogP contribution in [0.1, 0.15) is 60.8 Å². The van der Waals surface area contributed by atoms with Gasteiger partial charge in [-0.3, -0.25) is 9.78 Å². The van der Waals surface area contributed by atoms with Crippen molar-refractivity contribution >= 4 is 44.0 Å². The van der Waals surface area contributed by atoms with Gasteiger partial charge in [0.05, 0.1) is 21.9 Å². The summed E-state index contributed by atoms with van der Waals surface area (Å²) in [6.45, 7) is 11.3. The Hall–Kier alpha value is -3.97. The zero-order valence-corrected chi connectivity index (χ0v) is 23.2. The standard InChI is InChI=1S/C31H30N2O4S/c1-17-13-22(19(3)33-24-10-8-7-9-21(24)30(35)37-31(4,5)6)29-23(14-17)27(34)18(2)28(36-29)26-15-20-16-32-12-11-25(20)38-26/h7-16,19,33H,1-6H3/t19-/m1/s1. The average Bonchev–Trinajstić information content (AvgIpc) is 3.29. The van der Waals surface area contributed by atoms with Crippen molar-refractivity contribution in [3.05, 3.63) is 93.4 Å². The highest BCUT2D eigenvalue weighted by molar-refractivity contribution is 7.22. The first-order valence-corrected chi connectivity index (χ1v) is 13.3. The Morgan fingerprint density at radius 1 is 1.11 bits per heavy atom. The molecule has 0 saturated carbocycles. The van der Waals surface area contributed by atoms with Crippen LogP contribution in [0.25, 0.3) is 31.7 Å². The number of benzene rings is 2. The molecule has 5 rings (SSSR count). The minimum Gasteiger partial charge on any atom is -0.456 e. The van der Waals surface area contributed by atoms with Gasteiger partial charge in [-0.15, -0.1) is 11.3 Å². The second-order valence-electron chi connectivity index (χ2n) is 10.6. The molecule has 0 radical (unpaired) electrons. The normalized spacial score (nSPS) is 12.6. The molecule has 0 aliphatic heterocycles. The van der Waals surface area contributed by atoms with E-state index in [4.69, 9.17) is 9.15 Å². The number of nitrogens with one attached hydrogen (secondary N) is 1. The van der Waals surface area contributed by atoms with Crippen molar-refractivity contribution in [2.75, 3.05) is 5.32 Å². The first kappa shape index (κ1) is 25.7. The summed E-state index contributed by atoms with van der Waals surface area (Å²) in [6, 6.07) is 14.9. The van der Waals surface area contributed by atoms with Crippen molar-refractivity contribution < 1.29 is 13.9 Å². The predicted molar refractivity (Wildman–Crippen MR) is 154 cm³/mol. The summed E-state index contributed by atoms with van der Waals surface area (Å²) in [7, 11) is 0. The van der Waals surface area contributed by atoms with Gasteiger partial charge < -0.3 is 14.5 Å². The Morgan fingerprint density at radius 2 is 1.87 bits per heavy atom. The summed E-state index contributed by atoms with van der Waals surface area (Å²) < 4.78 is 13.2. The van der Waals surface area contributed by atoms with Gasteiger partial charge in [0.1, 0.15) is 11.2 Å². The van der Waals surface area contributed by atoms with Gasteiger partial charge >= 0.3 is 5.97 Å². The van der Waals surface area contributed by atoms with Crippen LogP contribution in [0, 0.1) is 13.8 Å². The number of aromatic nitrogens is 1. The third kappa shape index (κ3) is 4.94. The van der Waals surface area contributed by atoms with Crippen LogP contribution < -0.4 is 10.7 Å². The minimum absolute atomic E-state index is 0.0527. The van der Waals surface area contributed by atoms with Crippen LogP contribution in [-0.2, 0) is 4.74 Å². The van der Waals surface area contributed by atoms with Crippen molar-refractivity contribution in [3.8, 4) is 10.6 Å². The number of rotatable bonds is 5. The molecule has 194 valence electrons. The van der Waals surface area contributed by atoms with Gasteiger partial charge in [0.2, 0.25) is 0 Å². The van der Waals surface area contributed by atoms with Crippen molar-refractivity contribution in [3.63, 3.8) is 0 Å². The summed E-state index contributed by atoms with van der Waals surface area (Å²) >= 11 is 1.57. The van der Waals surface area contributed by atoms with E-state index in [0.717, 1.165) is 26.1 Å². The molecule has 6 nitrogen and oxygen atoms in total. The number of thiophene rings is 1. The maximum Gasteiger partial charge on any atom is 0.340 e. The average molecular weight is 527 g/mol. The monoisotopic (exact) mass is 526 g/mol. The fourth-order valence-electron chi connectivity index (χ4n) is 4.55. The summed E-state index contributed by atoms with van der Waals surface area (Å²) in [5, 5.41) is 5.01. The molecule has 0 bridgehead atoms. The maximum absolute atomic E-state index is 13.5. The molecule has 0 unspecified atom stereocenters. The molecule has 2 aromatic carbocycles. The Labute approximate surface area is 225 Å². The summed E-state index contributed by atoms with van der Waals surface area (Å²) in [5.41, 5.74) is 3.33. The van der Waals surface area contributed by atoms with E-state index in [0.29, 0.717) is 33.5 Å². The van der Waals surface area contributed by atoms with Crippen molar-refractivity contribution in [2.45, 2.75) is 53.2 Å². The van der Waals surface area contributed by atoms with Gasteiger partial charge in [-0.2, -0.15) is 0 Å². The molecular formula is C31H30N2O4S. The second kappa shape index (κ2) is 9.72. The van der Waals surface area contributed by atoms with Crippen LogP contribution in [-0.4, -0.2) is 16.6 Å². The lowest BCUT2D eigenvalue weighted by molar-refractivity contribution is 0.00706. The van der Waals surface area contributed by atoms with Gasteiger partial charge in [-0.25, -0.2) is 4.79 Å². The number of carbonyl (C=O) groups excluding carboxylic acids is 1. The summed E-state index contributed by atoms with van der Waals surface area (Å²) in [4.78, 5) is 31.5. The van der Waals surface area contributed by atoms with Gasteiger partial charge in [-0.1, -0.05) is 18.2 Å². The van der Waals surface area contributed by atoms with E-state index < -0.39 is 11.6 Å². The van der Waals surface area contributed by atoms with E-state index in [9.17, 15) is 9.59 Å². The summed E-state index contributed by atoms with van der Waals surface area (Å²) in [6.07, 6.45) is 3.57. The topological polar surface area (TPSA) is 81.4 Å². The SMILES string of the molecule is Cc1cc([C@@H](C)Nc2ccccc2C(=O)OC(C)(C)C)c2oc(-c3cc4cnccc4s3)c(C)c(=O)c2c1. The van der Waals surface area contributed by atoms with E-state index in [2.05, 4.69) is 10.3 Å². The number of fused-ring (bicyclic) bond motifs is 2. The number of esters is 1. The highest BCUT2D eigenvalue weighted by atomic mass is 32.1. The highest BCUT2D eigenvalue weighted by Gasteiger charge is 2.23. The number of anilines is 1. The zero-order chi connectivity index (χ0) is 27.2. The molecule has 3 aromatic heterocycles. The Balaban J connectivity index is 1.60. The van der Waals surface area contributed by atoms with E-state index >= 15 is 0 Å². The third-order valence-corrected chi connectivity index (χ3v) is 7.43. The Kier molecular flexibility index (Phi) is 6.57. The smallest absolute Gasteiger partial charge is 0.340 e. The van der Waals surface area contributed by atoms with Crippen LogP contribution in [0.2, 0.25) is 0 Å². The fourth-order valence-corrected chi connectivity index (χ4v) is 5.62. The number of hydrogen-bond donors (Lipinski definition) is 1. The minimum atomic E-state index is -0.608. The predicted octanol–water partition coefficient (Wildman–Crippen LogP) is 7.81. The lowest BCUT2D eigenvalue weighted by Crippen LogP contribution is -2.24. The molecule has 0 aliphatic carbocycles. The van der Waals surface area contributed by atoms with Crippen molar-refractivity contribution in [2.24, 2.45) is 0 Å². The van der Waals surface area contributed by atoms with Crippen LogP contribution in [0.15, 0.2) is 70.1 Å². The highest BCUT2D eigenvalue weighted by Crippen LogP contribution is 2.37. The van der Waals surface area contributed by atoms with Gasteiger partial charge in [0, 0.05) is 39.3 Å². The number of ether oxygens (including phenoxy) is 1. The van der Waals surface area contributed by atoms with Crippen LogP contribution in [0.4, 0.5) is 5.69 Å². The number of aryl methyl sites for hydroxylation is 1. The number of carbonyl (C=O) groups is 1. The van der Waals surface area contributed by atoms with E-state index in [-0.39, 0.29) is 11.5 Å². The Bertz CT molecular complexity index is 1710. The van der Waals surface area contributed by atoms with Crippen molar-refractivity contribution in [1.82, 2.24) is 4.98 Å². The molecule has 0 saturated heterocycles. The Morgan fingerprint density at radius 3 is 2.61 bits per heavy atom. The molecule has 0 fully saturated rings. The molecule has 3 heterocycles. The first-order chi connectivity index (χ1) is 18.0. The second-order valence-corrected chi connectivity index (χ2v) is 11.6. The molecule has 0 aliphatic rings. The van der Waals surface area contributed by atoms with Crippen LogP contribution in [0.3, 0.4) is 0 Å². The number of hydrogen-bond acceptors (Lipinski definition) is 7. The lowest BCUT2D eigenvalue weighted by atomic mass is 9.99. The van der Waals surface area contributed by atoms with E-state index in [1.165, 1.54) is 0 Å². The lowest BCUT2D eigenvalue weighted by Gasteiger charge is -2.23. The maximum atomic E-state index is 13.5. The molecular weight excluding hydrogens is 496 g/mol. The van der Waals surface area contributed by atoms with Gasteiger partial charge in [0.15, 0.2) is 11.2 Å². The molecule has 1 atom stereocenters. The van der Waals surface area contributed by atoms with Crippen LogP contribution in [0.5, 0.6) is 0 Å². The fraction of sp³-hybridized carbons (Fsp3) is 0.258. The third-order valence-electron chi connectivity index (χ3n) is 6.32. The molecule has 7 heteroatoms. The van der Waals surface area contributed by atoms with Gasteiger partial charge in [0.25, 0.3) is 0 Å². The first-order valence-electron chi connectivity index (χ1n) is 12.5. The largest absolute Gasteiger partial charge is 0.456 e. The number of para-hydroxylation sites is 1. The number of nitrogens with zero attached hydrogens (tertiary/aromatic N) is 1.